The zero-order valence-electron chi connectivity index (χ0n) is 9.38. The van der Waals surface area contributed by atoms with Crippen LogP contribution >= 0.6 is 0 Å². The van der Waals surface area contributed by atoms with Crippen LogP contribution in [0.1, 0.15) is 31.2 Å². The van der Waals surface area contributed by atoms with E-state index in [2.05, 4.69) is 49.6 Å². The Morgan fingerprint density at radius 1 is 1.43 bits per heavy atom. The third kappa shape index (κ3) is 2.66. The molecule has 2 nitrogen and oxygen atoms in total. The molecular weight excluding hydrogens is 172 g/mol. The summed E-state index contributed by atoms with van der Waals surface area (Å²) in [4.78, 5) is 0. The Labute approximate surface area is 86.6 Å². The summed E-state index contributed by atoms with van der Waals surface area (Å²) in [6, 6.07) is 4.74. The van der Waals surface area contributed by atoms with E-state index in [-0.39, 0.29) is 0 Å². The van der Waals surface area contributed by atoms with Crippen LogP contribution in [-0.4, -0.2) is 10.7 Å². The van der Waals surface area contributed by atoms with E-state index in [9.17, 15) is 0 Å². The number of rotatable bonds is 5. The van der Waals surface area contributed by atoms with Gasteiger partial charge in [0.1, 0.15) is 0 Å². The number of nitrogens with zero attached hydrogens (tertiary/aromatic N) is 1. The predicted molar refractivity (Wildman–Crippen MR) is 62.2 cm³/mol. The summed E-state index contributed by atoms with van der Waals surface area (Å²) in [5.74, 6) is 0. The molecule has 78 valence electrons. The van der Waals surface area contributed by atoms with Crippen LogP contribution in [0.3, 0.4) is 0 Å². The van der Waals surface area contributed by atoms with Gasteiger partial charge >= 0.3 is 0 Å². The maximum absolute atomic E-state index is 3.73. The SMILES string of the molecule is C=CCCC(C)Nn1c(C)ccc1C. The van der Waals surface area contributed by atoms with E-state index in [0.717, 1.165) is 12.8 Å². The zero-order valence-corrected chi connectivity index (χ0v) is 9.38. The molecular formula is C12H20N2. The quantitative estimate of drug-likeness (QED) is 0.710. The van der Waals surface area contributed by atoms with E-state index in [1.54, 1.807) is 0 Å². The fourth-order valence-corrected chi connectivity index (χ4v) is 1.52. The fraction of sp³-hybridized carbons (Fsp3) is 0.500. The van der Waals surface area contributed by atoms with Crippen molar-refractivity contribution in [2.24, 2.45) is 0 Å². The second-order valence-corrected chi connectivity index (χ2v) is 3.85. The number of nitrogens with one attached hydrogen (secondary N) is 1. The van der Waals surface area contributed by atoms with Crippen molar-refractivity contribution in [1.82, 2.24) is 4.68 Å². The van der Waals surface area contributed by atoms with Crippen LogP contribution in [0.4, 0.5) is 0 Å². The van der Waals surface area contributed by atoms with Gasteiger partial charge in [0.25, 0.3) is 0 Å². The molecule has 0 aliphatic heterocycles. The molecule has 1 aromatic rings. The molecule has 1 heterocycles. The van der Waals surface area contributed by atoms with Crippen molar-refractivity contribution >= 4 is 0 Å². The lowest BCUT2D eigenvalue weighted by Crippen LogP contribution is -2.26. The van der Waals surface area contributed by atoms with Gasteiger partial charge in [0.05, 0.1) is 0 Å². The van der Waals surface area contributed by atoms with E-state index in [1.807, 2.05) is 6.08 Å². The Hall–Kier alpha value is -1.18. The molecule has 0 amide bonds. The number of allylic oxidation sites excluding steroid dienone is 1. The molecule has 0 saturated carbocycles. The van der Waals surface area contributed by atoms with Gasteiger partial charge in [-0.2, -0.15) is 0 Å². The summed E-state index contributed by atoms with van der Waals surface area (Å²) in [6.45, 7) is 10.1. The second kappa shape index (κ2) is 4.89. The first-order valence-corrected chi connectivity index (χ1v) is 5.17. The Balaban J connectivity index is 2.55. The number of aromatic nitrogens is 1. The number of hydrogen-bond donors (Lipinski definition) is 1. The minimum atomic E-state index is 0.484. The average molecular weight is 192 g/mol. The van der Waals surface area contributed by atoms with Crippen molar-refractivity contribution in [1.29, 1.82) is 0 Å². The Morgan fingerprint density at radius 3 is 2.50 bits per heavy atom. The second-order valence-electron chi connectivity index (χ2n) is 3.85. The van der Waals surface area contributed by atoms with Crippen molar-refractivity contribution < 1.29 is 0 Å². The summed E-state index contributed by atoms with van der Waals surface area (Å²) in [7, 11) is 0. The molecule has 0 aliphatic carbocycles. The molecule has 0 radical (unpaired) electrons. The van der Waals surface area contributed by atoms with Crippen LogP contribution in [0, 0.1) is 13.8 Å². The highest BCUT2D eigenvalue weighted by Gasteiger charge is 2.04. The highest BCUT2D eigenvalue weighted by atomic mass is 15.4. The number of aryl methyl sites for hydroxylation is 2. The van der Waals surface area contributed by atoms with Crippen LogP contribution in [0.5, 0.6) is 0 Å². The standard InChI is InChI=1S/C12H20N2/c1-5-6-7-10(2)13-14-11(3)8-9-12(14)4/h5,8-10,13H,1,6-7H2,2-4H3. The molecule has 1 N–H and O–H groups in total. The topological polar surface area (TPSA) is 17.0 Å². The van der Waals surface area contributed by atoms with Gasteiger partial charge < -0.3 is 5.43 Å². The summed E-state index contributed by atoms with van der Waals surface area (Å²) in [6.07, 6.45) is 4.15. The van der Waals surface area contributed by atoms with Gasteiger partial charge in [0.15, 0.2) is 0 Å². The average Bonchev–Trinajstić information content (AvgIpc) is 2.46. The molecule has 0 fully saturated rings. The molecule has 1 rings (SSSR count). The predicted octanol–water partition coefficient (Wildman–Crippen LogP) is 3.00. The van der Waals surface area contributed by atoms with Gasteiger partial charge in [-0.15, -0.1) is 6.58 Å². The van der Waals surface area contributed by atoms with Crippen molar-refractivity contribution in [3.63, 3.8) is 0 Å². The van der Waals surface area contributed by atoms with Crippen molar-refractivity contribution in [2.45, 2.75) is 39.7 Å². The minimum absolute atomic E-state index is 0.484. The van der Waals surface area contributed by atoms with Gasteiger partial charge in [0.2, 0.25) is 0 Å². The summed E-state index contributed by atoms with van der Waals surface area (Å²) >= 11 is 0. The van der Waals surface area contributed by atoms with Gasteiger partial charge in [-0.05, 0) is 45.7 Å². The van der Waals surface area contributed by atoms with E-state index in [4.69, 9.17) is 0 Å². The van der Waals surface area contributed by atoms with Gasteiger partial charge in [-0.1, -0.05) is 6.08 Å². The van der Waals surface area contributed by atoms with Crippen LogP contribution in [0.2, 0.25) is 0 Å². The third-order valence-corrected chi connectivity index (χ3v) is 2.42. The van der Waals surface area contributed by atoms with Crippen LogP contribution in [0.15, 0.2) is 24.8 Å². The van der Waals surface area contributed by atoms with Crippen LogP contribution < -0.4 is 5.43 Å². The Morgan fingerprint density at radius 2 is 2.00 bits per heavy atom. The molecule has 0 bridgehead atoms. The van der Waals surface area contributed by atoms with E-state index >= 15 is 0 Å². The lowest BCUT2D eigenvalue weighted by molar-refractivity contribution is 0.626. The molecule has 2 heteroatoms. The lowest BCUT2D eigenvalue weighted by atomic mass is 10.2. The van der Waals surface area contributed by atoms with Crippen molar-refractivity contribution in [3.8, 4) is 0 Å². The smallest absolute Gasteiger partial charge is 0.0399 e. The molecule has 0 spiro atoms. The Bertz CT molecular complexity index is 280. The maximum Gasteiger partial charge on any atom is 0.0399 e. The van der Waals surface area contributed by atoms with E-state index < -0.39 is 0 Å². The molecule has 0 saturated heterocycles. The minimum Gasteiger partial charge on any atom is -0.323 e. The number of hydrogen-bond acceptors (Lipinski definition) is 1. The maximum atomic E-state index is 3.73. The largest absolute Gasteiger partial charge is 0.323 e. The molecule has 14 heavy (non-hydrogen) atoms. The van der Waals surface area contributed by atoms with Crippen LogP contribution in [-0.2, 0) is 0 Å². The Kier molecular flexibility index (Phi) is 3.81. The highest BCUT2D eigenvalue weighted by Crippen LogP contribution is 2.06. The van der Waals surface area contributed by atoms with Crippen molar-refractivity contribution in [3.05, 3.63) is 36.2 Å². The summed E-state index contributed by atoms with van der Waals surface area (Å²) in [5.41, 5.74) is 5.98. The summed E-state index contributed by atoms with van der Waals surface area (Å²) in [5, 5.41) is 0. The van der Waals surface area contributed by atoms with E-state index in [1.165, 1.54) is 11.4 Å². The monoisotopic (exact) mass is 192 g/mol. The van der Waals surface area contributed by atoms with Gasteiger partial charge in [0, 0.05) is 17.4 Å². The van der Waals surface area contributed by atoms with E-state index in [0.29, 0.717) is 6.04 Å². The van der Waals surface area contributed by atoms with Crippen molar-refractivity contribution in [2.75, 3.05) is 5.43 Å². The zero-order chi connectivity index (χ0) is 10.6. The first-order valence-electron chi connectivity index (χ1n) is 5.17. The molecule has 1 aromatic heterocycles. The molecule has 0 aromatic carbocycles. The highest BCUT2D eigenvalue weighted by molar-refractivity contribution is 5.15. The van der Waals surface area contributed by atoms with Gasteiger partial charge in [-0.25, -0.2) is 0 Å². The van der Waals surface area contributed by atoms with Crippen LogP contribution in [0.25, 0.3) is 0 Å². The lowest BCUT2D eigenvalue weighted by Gasteiger charge is -2.18. The third-order valence-electron chi connectivity index (χ3n) is 2.42. The molecule has 1 atom stereocenters. The normalized spacial score (nSPS) is 12.5. The first kappa shape index (κ1) is 10.9. The van der Waals surface area contributed by atoms with Gasteiger partial charge in [-0.3, -0.25) is 4.68 Å². The molecule has 1 unspecified atom stereocenters. The molecule has 0 aliphatic rings. The first-order chi connectivity index (χ1) is 6.65. The summed E-state index contributed by atoms with van der Waals surface area (Å²) < 4.78 is 2.15. The fourth-order valence-electron chi connectivity index (χ4n) is 1.52.